The molecule has 4 nitrogen and oxygen atoms in total. The van der Waals surface area contributed by atoms with Crippen molar-refractivity contribution in [1.82, 2.24) is 9.97 Å². The summed E-state index contributed by atoms with van der Waals surface area (Å²) in [4.78, 5) is 23.0. The van der Waals surface area contributed by atoms with Gasteiger partial charge in [0.2, 0.25) is 0 Å². The van der Waals surface area contributed by atoms with E-state index in [0.29, 0.717) is 5.69 Å². The second-order valence-electron chi connectivity index (χ2n) is 3.91. The van der Waals surface area contributed by atoms with E-state index in [9.17, 15) is 4.79 Å². The van der Waals surface area contributed by atoms with Crippen LogP contribution in [-0.4, -0.2) is 22.1 Å². The van der Waals surface area contributed by atoms with Crippen LogP contribution in [-0.2, 0) is 0 Å². The van der Waals surface area contributed by atoms with Gasteiger partial charge < -0.3 is 0 Å². The van der Waals surface area contributed by atoms with Crippen molar-refractivity contribution in [3.05, 3.63) is 24.3 Å². The summed E-state index contributed by atoms with van der Waals surface area (Å²) in [7, 11) is 0. The van der Waals surface area contributed by atoms with Crippen molar-refractivity contribution in [2.75, 3.05) is 0 Å². The lowest BCUT2D eigenvalue weighted by Gasteiger charge is -1.95. The average molecular weight is 233 g/mol. The fourth-order valence-electron chi connectivity index (χ4n) is 1.46. The van der Waals surface area contributed by atoms with Crippen LogP contribution in [0, 0.1) is 0 Å². The van der Waals surface area contributed by atoms with Gasteiger partial charge in [0, 0.05) is 18.6 Å². The fraction of sp³-hybridized carbons (Fsp3) is 0.538. The number of aliphatic imine (C=N–C) groups is 1. The van der Waals surface area contributed by atoms with Crippen molar-refractivity contribution in [3.8, 4) is 0 Å². The molecule has 0 aliphatic heterocycles. The van der Waals surface area contributed by atoms with E-state index in [2.05, 4.69) is 21.9 Å². The van der Waals surface area contributed by atoms with Crippen molar-refractivity contribution < 1.29 is 4.79 Å². The number of nitrogens with zero attached hydrogens (tertiary/aromatic N) is 3. The van der Waals surface area contributed by atoms with Gasteiger partial charge in [0.1, 0.15) is 5.69 Å². The monoisotopic (exact) mass is 233 g/mol. The Bertz CT molecular complexity index is 349. The number of amides is 1. The highest BCUT2D eigenvalue weighted by molar-refractivity contribution is 5.97. The van der Waals surface area contributed by atoms with Crippen LogP contribution in [0.1, 0.15) is 55.9 Å². The number of carbonyl (C=O) groups excluding carboxylic acids is 1. The molecule has 1 aromatic heterocycles. The van der Waals surface area contributed by atoms with Crippen LogP contribution >= 0.6 is 0 Å². The number of hydrogen-bond donors (Lipinski definition) is 0. The molecule has 0 aliphatic carbocycles. The zero-order valence-electron chi connectivity index (χ0n) is 10.3. The molecule has 17 heavy (non-hydrogen) atoms. The summed E-state index contributed by atoms with van der Waals surface area (Å²) in [5.74, 6) is -0.313. The molecule has 0 fully saturated rings. The first-order chi connectivity index (χ1) is 8.34. The molecular formula is C13H19N3O. The Balaban J connectivity index is 2.19. The molecule has 92 valence electrons. The first-order valence-corrected chi connectivity index (χ1v) is 6.17. The van der Waals surface area contributed by atoms with Gasteiger partial charge in [-0.3, -0.25) is 9.78 Å². The predicted octanol–water partition coefficient (Wildman–Crippen LogP) is 3.05. The van der Waals surface area contributed by atoms with Gasteiger partial charge in [-0.25, -0.2) is 9.98 Å². The van der Waals surface area contributed by atoms with Gasteiger partial charge in [0.15, 0.2) is 0 Å². The molecule has 0 saturated heterocycles. The van der Waals surface area contributed by atoms with Gasteiger partial charge in [-0.15, -0.1) is 0 Å². The van der Waals surface area contributed by atoms with Crippen molar-refractivity contribution in [2.45, 2.75) is 45.4 Å². The summed E-state index contributed by atoms with van der Waals surface area (Å²) in [5, 5.41) is 0. The Kier molecular flexibility index (Phi) is 6.79. The highest BCUT2D eigenvalue weighted by Gasteiger charge is 2.02. The van der Waals surface area contributed by atoms with E-state index in [1.165, 1.54) is 44.3 Å². The summed E-state index contributed by atoms with van der Waals surface area (Å²) >= 11 is 0. The maximum Gasteiger partial charge on any atom is 0.296 e. The minimum absolute atomic E-state index is 0.301. The van der Waals surface area contributed by atoms with E-state index in [1.807, 2.05) is 0 Å². The molecule has 1 rings (SSSR count). The highest BCUT2D eigenvalue weighted by atomic mass is 16.1. The van der Waals surface area contributed by atoms with Crippen LogP contribution in [0.2, 0.25) is 0 Å². The highest BCUT2D eigenvalue weighted by Crippen LogP contribution is 2.03. The molecule has 4 heteroatoms. The Morgan fingerprint density at radius 3 is 2.82 bits per heavy atom. The zero-order valence-corrected chi connectivity index (χ0v) is 10.3. The molecule has 1 heterocycles. The second-order valence-corrected chi connectivity index (χ2v) is 3.91. The largest absolute Gasteiger partial charge is 0.296 e. The van der Waals surface area contributed by atoms with Crippen molar-refractivity contribution in [2.24, 2.45) is 4.99 Å². The van der Waals surface area contributed by atoms with Crippen LogP contribution in [0.3, 0.4) is 0 Å². The van der Waals surface area contributed by atoms with Crippen molar-refractivity contribution >= 4 is 12.1 Å². The molecule has 0 aliphatic rings. The summed E-state index contributed by atoms with van der Waals surface area (Å²) in [6.07, 6.45) is 13.1. The van der Waals surface area contributed by atoms with E-state index in [4.69, 9.17) is 0 Å². The molecular weight excluding hydrogens is 214 g/mol. The standard InChI is InChI=1S/C13H19N3O/c1-2-3-4-5-6-7-8-16-13(17)12-11-14-9-10-15-12/h8-11H,2-7H2,1H3. The molecule has 0 radical (unpaired) electrons. The van der Waals surface area contributed by atoms with Crippen LogP contribution < -0.4 is 0 Å². The Morgan fingerprint density at radius 1 is 1.29 bits per heavy atom. The number of hydrogen-bond acceptors (Lipinski definition) is 3. The Labute approximate surface area is 102 Å². The van der Waals surface area contributed by atoms with Crippen LogP contribution in [0.4, 0.5) is 0 Å². The lowest BCUT2D eigenvalue weighted by molar-refractivity contribution is 0.0998. The number of carbonyl (C=O) groups is 1. The van der Waals surface area contributed by atoms with Gasteiger partial charge >= 0.3 is 0 Å². The van der Waals surface area contributed by atoms with E-state index >= 15 is 0 Å². The van der Waals surface area contributed by atoms with Gasteiger partial charge in [0.05, 0.1) is 6.20 Å². The van der Waals surface area contributed by atoms with Crippen LogP contribution in [0.25, 0.3) is 0 Å². The Morgan fingerprint density at radius 2 is 2.12 bits per heavy atom. The molecule has 0 N–H and O–H groups in total. The van der Waals surface area contributed by atoms with Gasteiger partial charge in [-0.2, -0.15) is 0 Å². The number of unbranched alkanes of at least 4 members (excludes halogenated alkanes) is 5. The average Bonchev–Trinajstić information content (AvgIpc) is 2.38. The summed E-state index contributed by atoms with van der Waals surface area (Å²) < 4.78 is 0. The van der Waals surface area contributed by atoms with E-state index in [0.717, 1.165) is 12.8 Å². The Hall–Kier alpha value is -1.58. The maximum absolute atomic E-state index is 11.5. The predicted molar refractivity (Wildman–Crippen MR) is 68.2 cm³/mol. The summed E-state index contributed by atoms with van der Waals surface area (Å²) in [6.45, 7) is 2.20. The molecule has 0 bridgehead atoms. The minimum Gasteiger partial charge on any atom is -0.265 e. The van der Waals surface area contributed by atoms with E-state index < -0.39 is 0 Å². The lowest BCUT2D eigenvalue weighted by atomic mass is 10.1. The molecule has 0 saturated carbocycles. The van der Waals surface area contributed by atoms with Gasteiger partial charge in [0.25, 0.3) is 5.91 Å². The quantitative estimate of drug-likeness (QED) is 0.537. The molecule has 1 aromatic rings. The third-order valence-electron chi connectivity index (χ3n) is 2.43. The summed E-state index contributed by atoms with van der Waals surface area (Å²) in [6, 6.07) is 0. The normalized spacial score (nSPS) is 10.9. The SMILES string of the molecule is CCCCCCCC=NC(=O)c1cnccn1. The molecule has 1 amide bonds. The second kappa shape index (κ2) is 8.56. The number of rotatable bonds is 7. The maximum atomic E-state index is 11.5. The van der Waals surface area contributed by atoms with Crippen molar-refractivity contribution in [1.29, 1.82) is 0 Å². The van der Waals surface area contributed by atoms with E-state index in [1.54, 1.807) is 6.21 Å². The third-order valence-corrected chi connectivity index (χ3v) is 2.43. The molecule has 0 spiro atoms. The van der Waals surface area contributed by atoms with Gasteiger partial charge in [-0.1, -0.05) is 32.6 Å². The smallest absolute Gasteiger partial charge is 0.265 e. The lowest BCUT2D eigenvalue weighted by Crippen LogP contribution is -1.99. The topological polar surface area (TPSA) is 55.2 Å². The first kappa shape index (κ1) is 13.5. The van der Waals surface area contributed by atoms with Gasteiger partial charge in [-0.05, 0) is 12.8 Å². The minimum atomic E-state index is -0.313. The number of aromatic nitrogens is 2. The third kappa shape index (κ3) is 5.90. The molecule has 0 aromatic carbocycles. The van der Waals surface area contributed by atoms with Crippen molar-refractivity contribution in [3.63, 3.8) is 0 Å². The molecule has 0 atom stereocenters. The van der Waals surface area contributed by atoms with E-state index in [-0.39, 0.29) is 5.91 Å². The van der Waals surface area contributed by atoms with Crippen LogP contribution in [0.15, 0.2) is 23.6 Å². The fourth-order valence-corrected chi connectivity index (χ4v) is 1.46. The van der Waals surface area contributed by atoms with Crippen LogP contribution in [0.5, 0.6) is 0 Å². The first-order valence-electron chi connectivity index (χ1n) is 6.17. The zero-order chi connectivity index (χ0) is 12.3. The molecule has 0 unspecified atom stereocenters. The summed E-state index contributed by atoms with van der Waals surface area (Å²) in [5.41, 5.74) is 0.301.